The monoisotopic (exact) mass is 382 g/mol. The quantitative estimate of drug-likeness (QED) is 0.640. The van der Waals surface area contributed by atoms with E-state index in [4.69, 9.17) is 4.74 Å². The summed E-state index contributed by atoms with van der Waals surface area (Å²) in [5, 5.41) is 9.44. The largest absolute Gasteiger partial charge is 0.490 e. The van der Waals surface area contributed by atoms with Crippen LogP contribution in [0.15, 0.2) is 36.4 Å². The summed E-state index contributed by atoms with van der Waals surface area (Å²) in [6, 6.07) is 10.8. The predicted molar refractivity (Wildman–Crippen MR) is 107 cm³/mol. The molecule has 3 nitrogen and oxygen atoms in total. The molecule has 2 saturated carbocycles. The van der Waals surface area contributed by atoms with Crippen LogP contribution in [0, 0.1) is 5.82 Å². The van der Waals surface area contributed by atoms with Crippen molar-refractivity contribution in [3.05, 3.63) is 53.3 Å². The summed E-state index contributed by atoms with van der Waals surface area (Å²) < 4.78 is 21.1. The molecule has 4 heteroatoms. The Kier molecular flexibility index (Phi) is 5.38. The first-order valence-corrected chi connectivity index (χ1v) is 10.4. The summed E-state index contributed by atoms with van der Waals surface area (Å²) in [4.78, 5) is 11.5. The van der Waals surface area contributed by atoms with Gasteiger partial charge in [-0.05, 0) is 86.3 Å². The molecule has 28 heavy (non-hydrogen) atoms. The highest BCUT2D eigenvalue weighted by molar-refractivity contribution is 5.79. The fourth-order valence-electron chi connectivity index (χ4n) is 4.34. The molecular formula is C24H27FO3. The number of carboxylic acid groups (broad SMARTS) is 1. The first kappa shape index (κ1) is 19.0. The molecule has 2 fully saturated rings. The highest BCUT2D eigenvalue weighted by Crippen LogP contribution is 2.45. The van der Waals surface area contributed by atoms with Crippen molar-refractivity contribution in [3.63, 3.8) is 0 Å². The number of rotatable bonds is 6. The molecule has 0 aliphatic heterocycles. The van der Waals surface area contributed by atoms with E-state index in [1.807, 2.05) is 24.3 Å². The average Bonchev–Trinajstić information content (AvgIpc) is 3.15. The third kappa shape index (κ3) is 3.65. The second-order valence-corrected chi connectivity index (χ2v) is 8.17. The second-order valence-electron chi connectivity index (χ2n) is 8.17. The van der Waals surface area contributed by atoms with Gasteiger partial charge in [-0.3, -0.25) is 4.79 Å². The summed E-state index contributed by atoms with van der Waals surface area (Å²) in [5.74, 6) is -0.699. The van der Waals surface area contributed by atoms with Crippen molar-refractivity contribution in [3.8, 4) is 16.9 Å². The van der Waals surface area contributed by atoms with Crippen molar-refractivity contribution in [2.75, 3.05) is 0 Å². The number of hydrogen-bond acceptors (Lipinski definition) is 2. The van der Waals surface area contributed by atoms with Crippen LogP contribution in [0.2, 0.25) is 0 Å². The third-order valence-corrected chi connectivity index (χ3v) is 6.33. The lowest BCUT2D eigenvalue weighted by Gasteiger charge is -2.29. The van der Waals surface area contributed by atoms with Gasteiger partial charge in [0.05, 0.1) is 12.0 Å². The molecule has 1 atom stereocenters. The van der Waals surface area contributed by atoms with E-state index in [-0.39, 0.29) is 17.8 Å². The normalized spacial score (nSPS) is 18.6. The van der Waals surface area contributed by atoms with Gasteiger partial charge in [0.2, 0.25) is 0 Å². The maximum atomic E-state index is 14.8. The lowest BCUT2D eigenvalue weighted by atomic mass is 9.76. The topological polar surface area (TPSA) is 46.5 Å². The minimum Gasteiger partial charge on any atom is -0.490 e. The lowest BCUT2D eigenvalue weighted by molar-refractivity contribution is -0.138. The smallest absolute Gasteiger partial charge is 0.310 e. The summed E-state index contributed by atoms with van der Waals surface area (Å²) in [6.45, 7) is 1.68. The zero-order chi connectivity index (χ0) is 19.7. The third-order valence-electron chi connectivity index (χ3n) is 6.33. The standard InChI is InChI=1S/C24H27FO3/c1-15(24(26)27)17-12-13-22(28-18-8-2-3-9-18)20(14-17)19-10-5-11-21(25)23(19)16-6-4-7-16/h5,10-16,18H,2-4,6-9H2,1H3,(H,26,27)/t15-/m0/s1. The zero-order valence-electron chi connectivity index (χ0n) is 16.3. The van der Waals surface area contributed by atoms with Crippen LogP contribution < -0.4 is 4.74 Å². The predicted octanol–water partition coefficient (Wildman–Crippen LogP) is 6.27. The van der Waals surface area contributed by atoms with E-state index in [9.17, 15) is 14.3 Å². The van der Waals surface area contributed by atoms with E-state index < -0.39 is 11.9 Å². The number of halogens is 1. The molecule has 0 heterocycles. The number of aliphatic carboxylic acids is 1. The SMILES string of the molecule is C[C@H](C(=O)O)c1ccc(OC2CCCC2)c(-c2cccc(F)c2C2CCC2)c1. The molecule has 148 valence electrons. The Morgan fingerprint density at radius 2 is 1.82 bits per heavy atom. The molecule has 2 aromatic carbocycles. The number of ether oxygens (including phenoxy) is 1. The van der Waals surface area contributed by atoms with Crippen molar-refractivity contribution in [2.24, 2.45) is 0 Å². The number of benzene rings is 2. The Hall–Kier alpha value is -2.36. The zero-order valence-corrected chi connectivity index (χ0v) is 16.3. The van der Waals surface area contributed by atoms with Gasteiger partial charge in [-0.15, -0.1) is 0 Å². The van der Waals surface area contributed by atoms with Gasteiger partial charge in [-0.25, -0.2) is 4.39 Å². The maximum absolute atomic E-state index is 14.8. The Morgan fingerprint density at radius 1 is 1.07 bits per heavy atom. The Bertz CT molecular complexity index is 866. The Morgan fingerprint density at radius 3 is 2.46 bits per heavy atom. The van der Waals surface area contributed by atoms with E-state index in [1.54, 1.807) is 13.0 Å². The van der Waals surface area contributed by atoms with Crippen molar-refractivity contribution < 1.29 is 19.0 Å². The maximum Gasteiger partial charge on any atom is 0.310 e. The summed E-state index contributed by atoms with van der Waals surface area (Å²) in [5.41, 5.74) is 3.13. The molecule has 0 saturated heterocycles. The van der Waals surface area contributed by atoms with Gasteiger partial charge >= 0.3 is 5.97 Å². The number of carboxylic acids is 1. The summed E-state index contributed by atoms with van der Waals surface area (Å²) in [7, 11) is 0. The molecule has 2 aliphatic carbocycles. The highest BCUT2D eigenvalue weighted by atomic mass is 19.1. The molecule has 0 amide bonds. The Balaban J connectivity index is 1.81. The van der Waals surface area contributed by atoms with Crippen LogP contribution in [-0.2, 0) is 4.79 Å². The van der Waals surface area contributed by atoms with E-state index in [2.05, 4.69) is 0 Å². The number of hydrogen-bond donors (Lipinski definition) is 1. The van der Waals surface area contributed by atoms with Crippen LogP contribution in [0.1, 0.15) is 74.8 Å². The molecule has 0 aromatic heterocycles. The second kappa shape index (κ2) is 7.94. The molecule has 2 aromatic rings. The van der Waals surface area contributed by atoms with Crippen LogP contribution in [0.5, 0.6) is 5.75 Å². The summed E-state index contributed by atoms with van der Waals surface area (Å²) in [6.07, 6.45) is 7.71. The van der Waals surface area contributed by atoms with Gasteiger partial charge < -0.3 is 9.84 Å². The van der Waals surface area contributed by atoms with E-state index >= 15 is 0 Å². The van der Waals surface area contributed by atoms with Crippen molar-refractivity contribution in [1.82, 2.24) is 0 Å². The fraction of sp³-hybridized carbons (Fsp3) is 0.458. The van der Waals surface area contributed by atoms with Gasteiger partial charge in [0.1, 0.15) is 11.6 Å². The van der Waals surface area contributed by atoms with Crippen LogP contribution >= 0.6 is 0 Å². The van der Waals surface area contributed by atoms with Gasteiger partial charge in [-0.2, -0.15) is 0 Å². The Labute approximate surface area is 165 Å². The number of carbonyl (C=O) groups is 1. The summed E-state index contributed by atoms with van der Waals surface area (Å²) >= 11 is 0. The van der Waals surface area contributed by atoms with Crippen LogP contribution in [0.4, 0.5) is 4.39 Å². The van der Waals surface area contributed by atoms with Crippen molar-refractivity contribution in [1.29, 1.82) is 0 Å². The molecule has 2 aliphatic rings. The van der Waals surface area contributed by atoms with Gasteiger partial charge in [-0.1, -0.05) is 24.6 Å². The molecule has 0 radical (unpaired) electrons. The van der Waals surface area contributed by atoms with Gasteiger partial charge in [0.25, 0.3) is 0 Å². The van der Waals surface area contributed by atoms with E-state index in [0.29, 0.717) is 5.56 Å². The minimum atomic E-state index is -0.867. The van der Waals surface area contributed by atoms with Gasteiger partial charge in [0.15, 0.2) is 0 Å². The lowest BCUT2D eigenvalue weighted by Crippen LogP contribution is -2.15. The van der Waals surface area contributed by atoms with E-state index in [1.165, 1.54) is 18.9 Å². The molecule has 0 unspecified atom stereocenters. The molecular weight excluding hydrogens is 355 g/mol. The van der Waals surface area contributed by atoms with Crippen LogP contribution in [0.25, 0.3) is 11.1 Å². The molecule has 0 spiro atoms. The van der Waals surface area contributed by atoms with Crippen molar-refractivity contribution in [2.45, 2.75) is 69.8 Å². The molecule has 4 rings (SSSR count). The first-order valence-electron chi connectivity index (χ1n) is 10.4. The minimum absolute atomic E-state index is 0.175. The molecule has 1 N–H and O–H groups in total. The highest BCUT2D eigenvalue weighted by Gasteiger charge is 2.28. The van der Waals surface area contributed by atoms with Crippen molar-refractivity contribution >= 4 is 5.97 Å². The van der Waals surface area contributed by atoms with Crippen LogP contribution in [0.3, 0.4) is 0 Å². The van der Waals surface area contributed by atoms with Gasteiger partial charge in [0, 0.05) is 5.56 Å². The average molecular weight is 382 g/mol. The van der Waals surface area contributed by atoms with E-state index in [0.717, 1.165) is 54.5 Å². The molecule has 0 bridgehead atoms. The fourth-order valence-corrected chi connectivity index (χ4v) is 4.34. The van der Waals surface area contributed by atoms with Crippen LogP contribution in [-0.4, -0.2) is 17.2 Å². The first-order chi connectivity index (χ1) is 13.5.